The minimum atomic E-state index is 0.00190. The Kier molecular flexibility index (Phi) is 2.56. The molecule has 1 aliphatic rings. The van der Waals surface area contributed by atoms with Gasteiger partial charge in [0.25, 0.3) is 0 Å². The minimum Gasteiger partial charge on any atom is -0.508 e. The van der Waals surface area contributed by atoms with Crippen molar-refractivity contribution in [3.8, 4) is 22.6 Å². The maximum absolute atomic E-state index is 12.0. The zero-order valence-corrected chi connectivity index (χ0v) is 10.6. The predicted octanol–water partition coefficient (Wildman–Crippen LogP) is 3.14. The van der Waals surface area contributed by atoms with Crippen LogP contribution < -0.4 is 0 Å². The Morgan fingerprint density at radius 1 is 1.05 bits per heavy atom. The molecule has 0 radical (unpaired) electrons. The summed E-state index contributed by atoms with van der Waals surface area (Å²) in [4.78, 5) is 12.0. The predicted molar refractivity (Wildman–Crippen MR) is 72.4 cm³/mol. The number of phenols is 2. The molecular formula is C16H14O3. The molecule has 2 N–H and O–H groups in total. The van der Waals surface area contributed by atoms with Gasteiger partial charge in [-0.1, -0.05) is 25.1 Å². The third kappa shape index (κ3) is 1.87. The molecule has 1 unspecified atom stereocenters. The Hall–Kier alpha value is -2.29. The van der Waals surface area contributed by atoms with Gasteiger partial charge in [0.05, 0.1) is 0 Å². The third-order valence-electron chi connectivity index (χ3n) is 3.61. The summed E-state index contributed by atoms with van der Waals surface area (Å²) in [5, 5.41) is 19.2. The molecule has 1 aliphatic carbocycles. The Balaban J connectivity index is 2.20. The second-order valence-electron chi connectivity index (χ2n) is 5.04. The monoisotopic (exact) mass is 254 g/mol. The number of carbonyl (C=O) groups is 1. The molecule has 3 heteroatoms. The van der Waals surface area contributed by atoms with E-state index in [1.54, 1.807) is 12.1 Å². The van der Waals surface area contributed by atoms with Gasteiger partial charge in [0, 0.05) is 17.5 Å². The molecule has 0 spiro atoms. The summed E-state index contributed by atoms with van der Waals surface area (Å²) in [7, 11) is 0. The molecule has 2 aromatic rings. The molecule has 2 aromatic carbocycles. The number of ketones is 1. The molecule has 0 heterocycles. The minimum absolute atomic E-state index is 0.00190. The van der Waals surface area contributed by atoms with Gasteiger partial charge in [-0.3, -0.25) is 4.79 Å². The van der Waals surface area contributed by atoms with E-state index in [4.69, 9.17) is 0 Å². The van der Waals surface area contributed by atoms with Gasteiger partial charge in [-0.05, 0) is 35.2 Å². The molecule has 19 heavy (non-hydrogen) atoms. The molecule has 0 saturated heterocycles. The lowest BCUT2D eigenvalue weighted by molar-refractivity contribution is 0.0946. The highest BCUT2D eigenvalue weighted by atomic mass is 16.3. The number of rotatable bonds is 1. The third-order valence-corrected chi connectivity index (χ3v) is 3.61. The van der Waals surface area contributed by atoms with E-state index >= 15 is 0 Å². The summed E-state index contributed by atoms with van der Waals surface area (Å²) >= 11 is 0. The molecule has 0 aliphatic heterocycles. The second kappa shape index (κ2) is 4.12. The highest BCUT2D eigenvalue weighted by Gasteiger charge is 2.28. The number of aromatic hydroxyl groups is 2. The Morgan fingerprint density at radius 2 is 1.68 bits per heavy atom. The fourth-order valence-electron chi connectivity index (χ4n) is 2.72. The number of carbonyl (C=O) groups excluding carboxylic acids is 1. The molecule has 0 aromatic heterocycles. The van der Waals surface area contributed by atoms with E-state index in [0.717, 1.165) is 22.3 Å². The summed E-state index contributed by atoms with van der Waals surface area (Å²) < 4.78 is 0. The van der Waals surface area contributed by atoms with Crippen molar-refractivity contribution in [1.82, 2.24) is 0 Å². The molecule has 0 bridgehead atoms. The molecule has 0 fully saturated rings. The Labute approximate surface area is 111 Å². The van der Waals surface area contributed by atoms with Crippen LogP contribution >= 0.6 is 0 Å². The van der Waals surface area contributed by atoms with E-state index in [1.165, 1.54) is 6.07 Å². The normalized spacial score (nSPS) is 17.5. The maximum atomic E-state index is 12.0. The van der Waals surface area contributed by atoms with Gasteiger partial charge in [-0.15, -0.1) is 0 Å². The highest BCUT2D eigenvalue weighted by molar-refractivity contribution is 6.04. The van der Waals surface area contributed by atoms with Gasteiger partial charge >= 0.3 is 0 Å². The summed E-state index contributed by atoms with van der Waals surface area (Å²) in [6.07, 6.45) is 0.709. The largest absolute Gasteiger partial charge is 0.508 e. The average Bonchev–Trinajstić information content (AvgIpc) is 2.64. The highest BCUT2D eigenvalue weighted by Crippen LogP contribution is 2.37. The van der Waals surface area contributed by atoms with Crippen LogP contribution in [0.1, 0.15) is 22.8 Å². The number of hydrogen-bond acceptors (Lipinski definition) is 3. The summed E-state index contributed by atoms with van der Waals surface area (Å²) in [6, 6.07) is 10.1. The summed E-state index contributed by atoms with van der Waals surface area (Å²) in [6.45, 7) is 1.92. The zero-order valence-electron chi connectivity index (χ0n) is 10.6. The van der Waals surface area contributed by atoms with Crippen molar-refractivity contribution in [3.05, 3.63) is 47.5 Å². The Bertz CT molecular complexity index is 653. The van der Waals surface area contributed by atoms with E-state index in [2.05, 4.69) is 0 Å². The van der Waals surface area contributed by atoms with Crippen LogP contribution in [0.3, 0.4) is 0 Å². The van der Waals surface area contributed by atoms with Crippen LogP contribution in [0.5, 0.6) is 11.5 Å². The van der Waals surface area contributed by atoms with Crippen molar-refractivity contribution in [1.29, 1.82) is 0 Å². The van der Waals surface area contributed by atoms with Crippen LogP contribution in [-0.4, -0.2) is 16.0 Å². The van der Waals surface area contributed by atoms with Gasteiger partial charge < -0.3 is 10.2 Å². The standard InChI is InChI=1S/C16H14O3/c1-9-5-15-13(3-2-4-14(15)16(9)19)10-6-11(17)8-12(18)7-10/h2-4,6-9,17-18H,5H2,1H3. The van der Waals surface area contributed by atoms with Crippen LogP contribution in [0.25, 0.3) is 11.1 Å². The summed E-state index contributed by atoms with van der Waals surface area (Å²) in [5.74, 6) is 0.207. The second-order valence-corrected chi connectivity index (χ2v) is 5.04. The van der Waals surface area contributed by atoms with Crippen LogP contribution in [0.2, 0.25) is 0 Å². The Morgan fingerprint density at radius 3 is 2.37 bits per heavy atom. The van der Waals surface area contributed by atoms with Crippen LogP contribution in [-0.2, 0) is 6.42 Å². The average molecular weight is 254 g/mol. The van der Waals surface area contributed by atoms with Crippen molar-refractivity contribution in [2.24, 2.45) is 5.92 Å². The first-order chi connectivity index (χ1) is 9.06. The first-order valence-electron chi connectivity index (χ1n) is 6.26. The lowest BCUT2D eigenvalue weighted by Crippen LogP contribution is -2.02. The van der Waals surface area contributed by atoms with Crippen molar-refractivity contribution >= 4 is 5.78 Å². The smallest absolute Gasteiger partial charge is 0.166 e. The van der Waals surface area contributed by atoms with Crippen LogP contribution in [0.4, 0.5) is 0 Å². The number of fused-ring (bicyclic) bond motifs is 1. The first kappa shape index (κ1) is 11.8. The number of benzene rings is 2. The zero-order chi connectivity index (χ0) is 13.6. The van der Waals surface area contributed by atoms with Gasteiger partial charge in [-0.2, -0.15) is 0 Å². The maximum Gasteiger partial charge on any atom is 0.166 e. The van der Waals surface area contributed by atoms with E-state index < -0.39 is 0 Å². The number of hydrogen-bond donors (Lipinski definition) is 2. The van der Waals surface area contributed by atoms with Gasteiger partial charge in [0.15, 0.2) is 5.78 Å². The molecule has 3 rings (SSSR count). The van der Waals surface area contributed by atoms with Crippen molar-refractivity contribution in [3.63, 3.8) is 0 Å². The van der Waals surface area contributed by atoms with Gasteiger partial charge in [0.1, 0.15) is 11.5 Å². The fourth-order valence-corrected chi connectivity index (χ4v) is 2.72. The summed E-state index contributed by atoms with van der Waals surface area (Å²) in [5.41, 5.74) is 3.40. The van der Waals surface area contributed by atoms with E-state index in [0.29, 0.717) is 6.42 Å². The van der Waals surface area contributed by atoms with E-state index in [-0.39, 0.29) is 23.2 Å². The van der Waals surface area contributed by atoms with Crippen LogP contribution in [0.15, 0.2) is 36.4 Å². The van der Waals surface area contributed by atoms with Crippen molar-refractivity contribution in [2.75, 3.05) is 0 Å². The lowest BCUT2D eigenvalue weighted by atomic mass is 9.96. The van der Waals surface area contributed by atoms with E-state index in [1.807, 2.05) is 25.1 Å². The molecule has 96 valence electrons. The van der Waals surface area contributed by atoms with Crippen molar-refractivity contribution < 1.29 is 15.0 Å². The lowest BCUT2D eigenvalue weighted by Gasteiger charge is -2.09. The number of Topliss-reactive ketones (excluding diaryl/α,β-unsaturated/α-hetero) is 1. The fraction of sp³-hybridized carbons (Fsp3) is 0.188. The molecule has 1 atom stereocenters. The molecule has 0 amide bonds. The van der Waals surface area contributed by atoms with Crippen LogP contribution in [0, 0.1) is 5.92 Å². The topological polar surface area (TPSA) is 57.5 Å². The first-order valence-corrected chi connectivity index (χ1v) is 6.26. The molecular weight excluding hydrogens is 240 g/mol. The van der Waals surface area contributed by atoms with Gasteiger partial charge in [-0.25, -0.2) is 0 Å². The molecule has 0 saturated carbocycles. The SMILES string of the molecule is CC1Cc2c(cccc2-c2cc(O)cc(O)c2)C1=O. The van der Waals surface area contributed by atoms with Crippen molar-refractivity contribution in [2.45, 2.75) is 13.3 Å². The van der Waals surface area contributed by atoms with Gasteiger partial charge in [0.2, 0.25) is 0 Å². The number of phenolic OH excluding ortho intramolecular Hbond substituents is 2. The van der Waals surface area contributed by atoms with E-state index in [9.17, 15) is 15.0 Å². The molecule has 3 nitrogen and oxygen atoms in total. The quantitative estimate of drug-likeness (QED) is 0.822.